The van der Waals surface area contributed by atoms with E-state index in [1.54, 1.807) is 0 Å². The minimum Gasteiger partial charge on any atom is -0.339 e. The second-order valence-electron chi connectivity index (χ2n) is 5.29. The molecule has 1 N–H and O–H groups in total. The second-order valence-corrected chi connectivity index (χ2v) is 5.29. The van der Waals surface area contributed by atoms with Gasteiger partial charge in [-0.05, 0) is 19.5 Å². The Hall–Kier alpha value is -1.10. The summed E-state index contributed by atoms with van der Waals surface area (Å²) >= 11 is 0. The van der Waals surface area contributed by atoms with Crippen LogP contribution in [0.15, 0.2) is 24.3 Å². The Bertz CT molecular complexity index is 433. The van der Waals surface area contributed by atoms with E-state index in [0.29, 0.717) is 6.54 Å². The molecule has 1 aromatic rings. The van der Waals surface area contributed by atoms with Crippen LogP contribution in [0.25, 0.3) is 0 Å². The minimum absolute atomic E-state index is 0. The lowest BCUT2D eigenvalue weighted by atomic mass is 10.1. The Labute approximate surface area is 127 Å². The van der Waals surface area contributed by atoms with Crippen LogP contribution >= 0.6 is 12.4 Å². The van der Waals surface area contributed by atoms with Crippen molar-refractivity contribution in [2.75, 3.05) is 39.8 Å². The highest BCUT2D eigenvalue weighted by Gasteiger charge is 2.17. The summed E-state index contributed by atoms with van der Waals surface area (Å²) in [5.41, 5.74) is 2.52. The Balaban J connectivity index is 0.00000200. The Morgan fingerprint density at radius 1 is 1.35 bits per heavy atom. The number of hydrogen-bond donors (Lipinski definition) is 1. The van der Waals surface area contributed by atoms with E-state index in [4.69, 9.17) is 0 Å². The van der Waals surface area contributed by atoms with Crippen molar-refractivity contribution in [1.29, 1.82) is 0 Å². The first-order valence-corrected chi connectivity index (χ1v) is 6.88. The number of halogens is 1. The summed E-state index contributed by atoms with van der Waals surface area (Å²) in [6, 6.07) is 8.44. The lowest BCUT2D eigenvalue weighted by Gasteiger charge is -2.29. The number of carbonyl (C=O) groups excluding carboxylic acids is 1. The number of rotatable bonds is 4. The molecular weight excluding hydrogens is 274 g/mol. The minimum atomic E-state index is 0. The molecule has 1 aliphatic rings. The molecule has 1 fully saturated rings. The zero-order valence-electron chi connectivity index (χ0n) is 12.3. The van der Waals surface area contributed by atoms with Crippen molar-refractivity contribution in [1.82, 2.24) is 15.1 Å². The topological polar surface area (TPSA) is 35.6 Å². The van der Waals surface area contributed by atoms with E-state index in [0.717, 1.165) is 32.7 Å². The van der Waals surface area contributed by atoms with Crippen LogP contribution < -0.4 is 5.32 Å². The highest BCUT2D eigenvalue weighted by Crippen LogP contribution is 2.07. The number of amides is 1. The molecule has 2 rings (SSSR count). The van der Waals surface area contributed by atoms with Gasteiger partial charge in [-0.25, -0.2) is 0 Å². The molecule has 0 radical (unpaired) electrons. The number of benzene rings is 1. The Morgan fingerprint density at radius 2 is 2.05 bits per heavy atom. The first-order valence-electron chi connectivity index (χ1n) is 6.88. The van der Waals surface area contributed by atoms with Crippen molar-refractivity contribution in [2.24, 2.45) is 0 Å². The summed E-state index contributed by atoms with van der Waals surface area (Å²) in [6.07, 6.45) is 0. The van der Waals surface area contributed by atoms with E-state index in [1.165, 1.54) is 11.1 Å². The summed E-state index contributed by atoms with van der Waals surface area (Å²) in [4.78, 5) is 16.2. The number of nitrogens with one attached hydrogen (secondary N) is 1. The van der Waals surface area contributed by atoms with Gasteiger partial charge in [-0.3, -0.25) is 9.69 Å². The Morgan fingerprint density at radius 3 is 2.70 bits per heavy atom. The van der Waals surface area contributed by atoms with Gasteiger partial charge in [0.05, 0.1) is 6.54 Å². The van der Waals surface area contributed by atoms with Gasteiger partial charge in [-0.1, -0.05) is 29.8 Å². The highest BCUT2D eigenvalue weighted by atomic mass is 35.5. The predicted molar refractivity (Wildman–Crippen MR) is 84.2 cm³/mol. The zero-order chi connectivity index (χ0) is 13.7. The molecule has 0 unspecified atom stereocenters. The van der Waals surface area contributed by atoms with Gasteiger partial charge in [0.15, 0.2) is 0 Å². The average molecular weight is 298 g/mol. The fraction of sp³-hybridized carbons (Fsp3) is 0.533. The molecule has 1 heterocycles. The third-order valence-electron chi connectivity index (χ3n) is 3.41. The number of carbonyl (C=O) groups is 1. The third-order valence-corrected chi connectivity index (χ3v) is 3.41. The normalized spacial score (nSPS) is 15.1. The summed E-state index contributed by atoms with van der Waals surface area (Å²) in [6.45, 7) is 6.89. The maximum atomic E-state index is 12.1. The van der Waals surface area contributed by atoms with Gasteiger partial charge in [0.1, 0.15) is 0 Å². The van der Waals surface area contributed by atoms with Crippen LogP contribution in [-0.2, 0) is 11.3 Å². The molecule has 1 aromatic carbocycles. The molecule has 5 heteroatoms. The fourth-order valence-electron chi connectivity index (χ4n) is 2.42. The first kappa shape index (κ1) is 17.0. The third kappa shape index (κ3) is 5.12. The molecule has 20 heavy (non-hydrogen) atoms. The molecule has 0 aromatic heterocycles. The fourth-order valence-corrected chi connectivity index (χ4v) is 2.42. The molecule has 1 aliphatic heterocycles. The molecule has 112 valence electrons. The largest absolute Gasteiger partial charge is 0.339 e. The van der Waals surface area contributed by atoms with Gasteiger partial charge < -0.3 is 10.2 Å². The standard InChI is InChI=1S/C15H23N3O.ClH/c1-13-4-3-5-14(10-13)11-17(2)12-15(19)18-8-6-16-7-9-18;/h3-5,10,16H,6-9,11-12H2,1-2H3;1H. The Kier molecular flexibility index (Phi) is 6.99. The number of piperazine rings is 1. The summed E-state index contributed by atoms with van der Waals surface area (Å²) in [5.74, 6) is 0.233. The van der Waals surface area contributed by atoms with E-state index < -0.39 is 0 Å². The quantitative estimate of drug-likeness (QED) is 0.909. The summed E-state index contributed by atoms with van der Waals surface area (Å²) < 4.78 is 0. The molecule has 1 saturated heterocycles. The zero-order valence-corrected chi connectivity index (χ0v) is 13.1. The van der Waals surface area contributed by atoms with Crippen LogP contribution in [0.1, 0.15) is 11.1 Å². The van der Waals surface area contributed by atoms with Gasteiger partial charge in [-0.15, -0.1) is 12.4 Å². The number of nitrogens with zero attached hydrogens (tertiary/aromatic N) is 2. The SMILES string of the molecule is Cc1cccc(CN(C)CC(=O)N2CCNCC2)c1.Cl. The van der Waals surface area contributed by atoms with Crippen molar-refractivity contribution >= 4 is 18.3 Å². The molecule has 0 aliphatic carbocycles. The van der Waals surface area contributed by atoms with Gasteiger partial charge in [0.2, 0.25) is 5.91 Å². The summed E-state index contributed by atoms with van der Waals surface area (Å²) in [7, 11) is 2.00. The van der Waals surface area contributed by atoms with Crippen molar-refractivity contribution in [3.8, 4) is 0 Å². The van der Waals surface area contributed by atoms with E-state index >= 15 is 0 Å². The molecule has 0 spiro atoms. The molecular formula is C15H24ClN3O. The smallest absolute Gasteiger partial charge is 0.236 e. The van der Waals surface area contributed by atoms with Crippen molar-refractivity contribution in [3.63, 3.8) is 0 Å². The van der Waals surface area contributed by atoms with Crippen LogP contribution in [0.4, 0.5) is 0 Å². The van der Waals surface area contributed by atoms with E-state index in [-0.39, 0.29) is 18.3 Å². The van der Waals surface area contributed by atoms with Crippen LogP contribution in [-0.4, -0.2) is 55.5 Å². The number of likely N-dealkylation sites (N-methyl/N-ethyl adjacent to an activating group) is 1. The number of hydrogen-bond acceptors (Lipinski definition) is 3. The van der Waals surface area contributed by atoms with Crippen LogP contribution in [0.5, 0.6) is 0 Å². The maximum absolute atomic E-state index is 12.1. The van der Waals surface area contributed by atoms with Crippen LogP contribution in [0.2, 0.25) is 0 Å². The number of aryl methyl sites for hydroxylation is 1. The van der Waals surface area contributed by atoms with E-state index in [1.807, 2.05) is 11.9 Å². The summed E-state index contributed by atoms with van der Waals surface area (Å²) in [5, 5.41) is 3.26. The van der Waals surface area contributed by atoms with E-state index in [2.05, 4.69) is 41.4 Å². The van der Waals surface area contributed by atoms with Gasteiger partial charge in [-0.2, -0.15) is 0 Å². The van der Waals surface area contributed by atoms with Gasteiger partial charge in [0, 0.05) is 32.7 Å². The van der Waals surface area contributed by atoms with Crippen LogP contribution in [0, 0.1) is 6.92 Å². The van der Waals surface area contributed by atoms with Crippen molar-refractivity contribution < 1.29 is 4.79 Å². The lowest BCUT2D eigenvalue weighted by molar-refractivity contribution is -0.132. The lowest BCUT2D eigenvalue weighted by Crippen LogP contribution is -2.49. The first-order chi connectivity index (χ1) is 9.15. The molecule has 4 nitrogen and oxygen atoms in total. The van der Waals surface area contributed by atoms with Crippen molar-refractivity contribution in [3.05, 3.63) is 35.4 Å². The van der Waals surface area contributed by atoms with Gasteiger partial charge in [0.25, 0.3) is 0 Å². The van der Waals surface area contributed by atoms with Crippen molar-refractivity contribution in [2.45, 2.75) is 13.5 Å². The van der Waals surface area contributed by atoms with Crippen LogP contribution in [0.3, 0.4) is 0 Å². The maximum Gasteiger partial charge on any atom is 0.236 e. The predicted octanol–water partition coefficient (Wildman–Crippen LogP) is 1.28. The monoisotopic (exact) mass is 297 g/mol. The average Bonchev–Trinajstić information content (AvgIpc) is 2.39. The van der Waals surface area contributed by atoms with Gasteiger partial charge >= 0.3 is 0 Å². The molecule has 0 atom stereocenters. The second kappa shape index (κ2) is 8.25. The molecule has 1 amide bonds. The molecule has 0 bridgehead atoms. The highest BCUT2D eigenvalue weighted by molar-refractivity contribution is 5.85. The van der Waals surface area contributed by atoms with E-state index in [9.17, 15) is 4.79 Å². The molecule has 0 saturated carbocycles.